The fourth-order valence-electron chi connectivity index (χ4n) is 1.06. The van der Waals surface area contributed by atoms with Crippen LogP contribution in [0.2, 0.25) is 0 Å². The molecule has 0 unspecified atom stereocenters. The molecular formula is C8H12. The van der Waals surface area contributed by atoms with Crippen molar-refractivity contribution in [3.8, 4) is 0 Å². The van der Waals surface area contributed by atoms with Crippen molar-refractivity contribution in [3.05, 3.63) is 23.8 Å². The summed E-state index contributed by atoms with van der Waals surface area (Å²) < 4.78 is 0. The summed E-state index contributed by atoms with van der Waals surface area (Å²) in [7, 11) is 0. The first-order valence-corrected chi connectivity index (χ1v) is 3.22. The molecular weight excluding hydrogens is 96.1 g/mol. The van der Waals surface area contributed by atoms with Gasteiger partial charge >= 0.3 is 0 Å². The molecule has 0 saturated heterocycles. The fraction of sp³-hybridized carbons (Fsp3) is 0.500. The van der Waals surface area contributed by atoms with E-state index in [4.69, 9.17) is 0 Å². The zero-order valence-electron chi connectivity index (χ0n) is 5.52. The van der Waals surface area contributed by atoms with Crippen LogP contribution in [0.15, 0.2) is 23.8 Å². The highest BCUT2D eigenvalue weighted by molar-refractivity contribution is 5.25. The van der Waals surface area contributed by atoms with Crippen molar-refractivity contribution in [1.82, 2.24) is 0 Å². The quantitative estimate of drug-likeness (QED) is 0.484. The highest BCUT2D eigenvalue weighted by Crippen LogP contribution is 2.20. The predicted molar refractivity (Wildman–Crippen MR) is 36.7 cm³/mol. The van der Waals surface area contributed by atoms with Crippen LogP contribution < -0.4 is 0 Å². The van der Waals surface area contributed by atoms with E-state index in [1.807, 2.05) is 0 Å². The normalized spacial score (nSPS) is 26.2. The molecule has 0 radical (unpaired) electrons. The lowest BCUT2D eigenvalue weighted by molar-refractivity contribution is 0.827. The first-order chi connectivity index (χ1) is 3.84. The van der Waals surface area contributed by atoms with Crippen LogP contribution in [0.25, 0.3) is 0 Å². The van der Waals surface area contributed by atoms with E-state index < -0.39 is 0 Å². The van der Waals surface area contributed by atoms with Gasteiger partial charge in [-0.3, -0.25) is 0 Å². The summed E-state index contributed by atoms with van der Waals surface area (Å²) in [6.45, 7) is 4.44. The molecule has 8 heavy (non-hydrogen) atoms. The molecule has 0 fully saturated rings. The van der Waals surface area contributed by atoms with E-state index in [1.165, 1.54) is 6.42 Å². The monoisotopic (exact) mass is 108 g/mol. The van der Waals surface area contributed by atoms with Gasteiger partial charge in [-0.25, -0.2) is 0 Å². The Kier molecular flexibility index (Phi) is 1.52. The Bertz CT molecular complexity index is 129. The molecule has 0 N–H and O–H groups in total. The van der Waals surface area contributed by atoms with E-state index >= 15 is 0 Å². The SMILES string of the molecule is CCC1=CC=C[C@H]1C. The van der Waals surface area contributed by atoms with Crippen molar-refractivity contribution in [2.75, 3.05) is 0 Å². The first kappa shape index (κ1) is 5.61. The van der Waals surface area contributed by atoms with Gasteiger partial charge in [0.05, 0.1) is 0 Å². The summed E-state index contributed by atoms with van der Waals surface area (Å²) in [5.41, 5.74) is 1.56. The minimum absolute atomic E-state index is 0.708. The number of hydrogen-bond donors (Lipinski definition) is 0. The van der Waals surface area contributed by atoms with Crippen LogP contribution in [0.3, 0.4) is 0 Å². The third kappa shape index (κ3) is 0.835. The number of hydrogen-bond acceptors (Lipinski definition) is 0. The van der Waals surface area contributed by atoms with Gasteiger partial charge in [0, 0.05) is 0 Å². The van der Waals surface area contributed by atoms with Crippen LogP contribution in [0.1, 0.15) is 20.3 Å². The molecule has 0 nitrogen and oxygen atoms in total. The van der Waals surface area contributed by atoms with Gasteiger partial charge in [-0.15, -0.1) is 0 Å². The molecule has 0 spiro atoms. The first-order valence-electron chi connectivity index (χ1n) is 3.22. The van der Waals surface area contributed by atoms with Crippen molar-refractivity contribution in [3.63, 3.8) is 0 Å². The van der Waals surface area contributed by atoms with Crippen LogP contribution in [-0.2, 0) is 0 Å². The van der Waals surface area contributed by atoms with Crippen LogP contribution in [0, 0.1) is 5.92 Å². The Labute approximate surface area is 50.9 Å². The van der Waals surface area contributed by atoms with Gasteiger partial charge in [-0.1, -0.05) is 37.6 Å². The summed E-state index contributed by atoms with van der Waals surface area (Å²) in [4.78, 5) is 0. The van der Waals surface area contributed by atoms with Crippen molar-refractivity contribution in [1.29, 1.82) is 0 Å². The molecule has 0 aliphatic heterocycles. The van der Waals surface area contributed by atoms with Gasteiger partial charge in [0.2, 0.25) is 0 Å². The van der Waals surface area contributed by atoms with Crippen LogP contribution in [0.5, 0.6) is 0 Å². The number of rotatable bonds is 1. The Morgan fingerprint density at radius 2 is 2.38 bits per heavy atom. The van der Waals surface area contributed by atoms with Gasteiger partial charge in [0.15, 0.2) is 0 Å². The lowest BCUT2D eigenvalue weighted by Gasteiger charge is -2.01. The minimum Gasteiger partial charge on any atom is -0.0776 e. The minimum atomic E-state index is 0.708. The zero-order valence-corrected chi connectivity index (χ0v) is 5.52. The molecule has 0 amide bonds. The van der Waals surface area contributed by atoms with E-state index in [-0.39, 0.29) is 0 Å². The topological polar surface area (TPSA) is 0 Å². The molecule has 0 aromatic carbocycles. The van der Waals surface area contributed by atoms with Gasteiger partial charge < -0.3 is 0 Å². The number of allylic oxidation sites excluding steroid dienone is 4. The maximum absolute atomic E-state index is 2.23. The largest absolute Gasteiger partial charge is 0.0776 e. The van der Waals surface area contributed by atoms with Crippen LogP contribution >= 0.6 is 0 Å². The fourth-order valence-corrected chi connectivity index (χ4v) is 1.06. The van der Waals surface area contributed by atoms with E-state index in [0.29, 0.717) is 5.92 Å². The summed E-state index contributed by atoms with van der Waals surface area (Å²) in [6.07, 6.45) is 7.79. The van der Waals surface area contributed by atoms with Gasteiger partial charge in [-0.2, -0.15) is 0 Å². The molecule has 1 aliphatic carbocycles. The van der Waals surface area contributed by atoms with E-state index in [0.717, 1.165) is 0 Å². The molecule has 0 saturated carbocycles. The van der Waals surface area contributed by atoms with Crippen molar-refractivity contribution in [2.45, 2.75) is 20.3 Å². The highest BCUT2D eigenvalue weighted by atomic mass is 14.1. The zero-order chi connectivity index (χ0) is 5.98. The van der Waals surface area contributed by atoms with Crippen molar-refractivity contribution in [2.24, 2.45) is 5.92 Å². The Balaban J connectivity index is 2.59. The molecule has 0 aromatic rings. The average Bonchev–Trinajstić information content (AvgIpc) is 2.14. The Morgan fingerprint density at radius 3 is 2.62 bits per heavy atom. The summed E-state index contributed by atoms with van der Waals surface area (Å²) in [6, 6.07) is 0. The van der Waals surface area contributed by atoms with E-state index in [2.05, 4.69) is 32.1 Å². The molecule has 0 heteroatoms. The van der Waals surface area contributed by atoms with Crippen LogP contribution in [0.4, 0.5) is 0 Å². The van der Waals surface area contributed by atoms with Gasteiger partial charge in [0.1, 0.15) is 0 Å². The smallest absolute Gasteiger partial charge is 0.00455 e. The van der Waals surface area contributed by atoms with Gasteiger partial charge in [-0.05, 0) is 12.3 Å². The average molecular weight is 108 g/mol. The Hall–Kier alpha value is -0.520. The molecule has 0 bridgehead atoms. The molecule has 0 aromatic heterocycles. The maximum Gasteiger partial charge on any atom is -0.00455 e. The predicted octanol–water partition coefficient (Wildman–Crippen LogP) is 2.53. The highest BCUT2D eigenvalue weighted by Gasteiger charge is 2.04. The standard InChI is InChI=1S/C8H12/c1-3-8-6-4-5-7(8)2/h4-7H,3H2,1-2H3/t7-/m1/s1. The molecule has 1 atom stereocenters. The third-order valence-corrected chi connectivity index (χ3v) is 1.70. The van der Waals surface area contributed by atoms with E-state index in [9.17, 15) is 0 Å². The third-order valence-electron chi connectivity index (χ3n) is 1.70. The van der Waals surface area contributed by atoms with Crippen molar-refractivity contribution < 1.29 is 0 Å². The molecule has 44 valence electrons. The summed E-state index contributed by atoms with van der Waals surface area (Å²) >= 11 is 0. The second-order valence-corrected chi connectivity index (χ2v) is 2.27. The van der Waals surface area contributed by atoms with E-state index in [1.54, 1.807) is 5.57 Å². The molecule has 0 heterocycles. The lowest BCUT2D eigenvalue weighted by Crippen LogP contribution is -1.87. The second kappa shape index (κ2) is 2.17. The second-order valence-electron chi connectivity index (χ2n) is 2.27. The van der Waals surface area contributed by atoms with Gasteiger partial charge in [0.25, 0.3) is 0 Å². The van der Waals surface area contributed by atoms with Crippen LogP contribution in [-0.4, -0.2) is 0 Å². The lowest BCUT2D eigenvalue weighted by atomic mass is 10.0. The summed E-state index contributed by atoms with van der Waals surface area (Å²) in [5.74, 6) is 0.708. The Morgan fingerprint density at radius 1 is 1.62 bits per heavy atom. The molecule has 1 aliphatic rings. The maximum atomic E-state index is 2.23. The van der Waals surface area contributed by atoms with Crippen molar-refractivity contribution >= 4 is 0 Å². The summed E-state index contributed by atoms with van der Waals surface area (Å²) in [5, 5.41) is 0. The molecule has 1 rings (SSSR count).